The van der Waals surface area contributed by atoms with Crippen LogP contribution in [0.25, 0.3) is 0 Å². The van der Waals surface area contributed by atoms with Crippen molar-refractivity contribution in [2.75, 3.05) is 6.54 Å². The van der Waals surface area contributed by atoms with E-state index in [1.54, 1.807) is 0 Å². The third-order valence-corrected chi connectivity index (χ3v) is 3.98. The first-order valence-electron chi connectivity index (χ1n) is 5.60. The average molecular weight is 204 g/mol. The van der Waals surface area contributed by atoms with Gasteiger partial charge in [-0.1, -0.05) is 25.7 Å². The highest BCUT2D eigenvalue weighted by atomic mass is 35.5. The molecule has 0 aromatic heterocycles. The number of hydrogen-bond donors (Lipinski definition) is 1. The Bertz CT molecular complexity index is 149. The molecule has 2 heteroatoms. The normalized spacial score (nSPS) is 39.0. The lowest BCUT2D eigenvalue weighted by Crippen LogP contribution is -2.30. The Morgan fingerprint density at radius 2 is 1.62 bits per heavy atom. The molecule has 2 rings (SSSR count). The van der Waals surface area contributed by atoms with Crippen LogP contribution in [0.5, 0.6) is 0 Å². The largest absolute Gasteiger partial charge is 0.330 e. The zero-order chi connectivity index (χ0) is 8.39. The number of halogens is 1. The molecule has 3 unspecified atom stereocenters. The lowest BCUT2D eigenvalue weighted by molar-refractivity contribution is 0.133. The van der Waals surface area contributed by atoms with Crippen molar-refractivity contribution in [1.82, 2.24) is 0 Å². The van der Waals surface area contributed by atoms with E-state index in [0.29, 0.717) is 0 Å². The quantitative estimate of drug-likeness (QED) is 0.697. The first-order valence-corrected chi connectivity index (χ1v) is 5.60. The van der Waals surface area contributed by atoms with Crippen molar-refractivity contribution in [2.45, 2.75) is 44.9 Å². The molecule has 0 aromatic carbocycles. The van der Waals surface area contributed by atoms with Crippen molar-refractivity contribution in [3.8, 4) is 0 Å². The van der Waals surface area contributed by atoms with E-state index in [1.165, 1.54) is 44.9 Å². The summed E-state index contributed by atoms with van der Waals surface area (Å²) in [5, 5.41) is 0. The molecule has 78 valence electrons. The topological polar surface area (TPSA) is 26.0 Å². The Morgan fingerprint density at radius 1 is 0.923 bits per heavy atom. The maximum atomic E-state index is 5.73. The molecule has 0 aromatic rings. The molecule has 2 N–H and O–H groups in total. The number of hydrogen-bond acceptors (Lipinski definition) is 1. The summed E-state index contributed by atoms with van der Waals surface area (Å²) in [5.41, 5.74) is 5.73. The van der Waals surface area contributed by atoms with E-state index in [9.17, 15) is 0 Å². The van der Waals surface area contributed by atoms with Crippen molar-refractivity contribution in [3.05, 3.63) is 0 Å². The van der Waals surface area contributed by atoms with E-state index >= 15 is 0 Å². The zero-order valence-electron chi connectivity index (χ0n) is 8.37. The Kier molecular flexibility index (Phi) is 4.54. The van der Waals surface area contributed by atoms with E-state index in [1.807, 2.05) is 0 Å². The SMILES string of the molecule is Cl.NCC1CCC2CCCCC2C1. The molecule has 0 saturated heterocycles. The highest BCUT2D eigenvalue weighted by molar-refractivity contribution is 5.85. The van der Waals surface area contributed by atoms with Gasteiger partial charge in [-0.3, -0.25) is 0 Å². The molecule has 0 spiro atoms. The molecule has 0 heterocycles. The molecule has 2 aliphatic rings. The summed E-state index contributed by atoms with van der Waals surface area (Å²) in [5.74, 6) is 3.01. The molecule has 2 aliphatic carbocycles. The molecule has 2 fully saturated rings. The van der Waals surface area contributed by atoms with Crippen LogP contribution in [0.1, 0.15) is 44.9 Å². The van der Waals surface area contributed by atoms with Gasteiger partial charge in [0.2, 0.25) is 0 Å². The lowest BCUT2D eigenvalue weighted by Gasteiger charge is -2.38. The van der Waals surface area contributed by atoms with Crippen LogP contribution in [-0.4, -0.2) is 6.54 Å². The number of nitrogens with two attached hydrogens (primary N) is 1. The molecule has 3 atom stereocenters. The van der Waals surface area contributed by atoms with E-state index in [0.717, 1.165) is 24.3 Å². The van der Waals surface area contributed by atoms with Gasteiger partial charge in [0.25, 0.3) is 0 Å². The van der Waals surface area contributed by atoms with Crippen molar-refractivity contribution >= 4 is 12.4 Å². The van der Waals surface area contributed by atoms with Crippen LogP contribution in [0.15, 0.2) is 0 Å². The van der Waals surface area contributed by atoms with Crippen molar-refractivity contribution in [2.24, 2.45) is 23.5 Å². The summed E-state index contributed by atoms with van der Waals surface area (Å²) in [7, 11) is 0. The van der Waals surface area contributed by atoms with Gasteiger partial charge in [-0.05, 0) is 43.6 Å². The smallest absolute Gasteiger partial charge is 0.00488 e. The minimum absolute atomic E-state index is 0. The Morgan fingerprint density at radius 3 is 2.31 bits per heavy atom. The summed E-state index contributed by atoms with van der Waals surface area (Å²) in [6, 6.07) is 0. The van der Waals surface area contributed by atoms with Gasteiger partial charge in [-0.2, -0.15) is 0 Å². The predicted molar refractivity (Wildman–Crippen MR) is 59.1 cm³/mol. The summed E-state index contributed by atoms with van der Waals surface area (Å²) in [4.78, 5) is 0. The van der Waals surface area contributed by atoms with Gasteiger partial charge in [-0.15, -0.1) is 12.4 Å². The van der Waals surface area contributed by atoms with Gasteiger partial charge in [0.05, 0.1) is 0 Å². The Labute approximate surface area is 87.9 Å². The molecule has 0 aliphatic heterocycles. The average Bonchev–Trinajstić information content (AvgIpc) is 2.17. The molecule has 0 bridgehead atoms. The van der Waals surface area contributed by atoms with Crippen molar-refractivity contribution in [1.29, 1.82) is 0 Å². The molecular weight excluding hydrogens is 182 g/mol. The monoisotopic (exact) mass is 203 g/mol. The van der Waals surface area contributed by atoms with Crippen LogP contribution in [-0.2, 0) is 0 Å². The van der Waals surface area contributed by atoms with Gasteiger partial charge in [-0.25, -0.2) is 0 Å². The third kappa shape index (κ3) is 2.60. The number of fused-ring (bicyclic) bond motifs is 1. The van der Waals surface area contributed by atoms with Crippen LogP contribution in [0.4, 0.5) is 0 Å². The fourth-order valence-electron chi connectivity index (χ4n) is 3.18. The van der Waals surface area contributed by atoms with Gasteiger partial charge in [0.15, 0.2) is 0 Å². The predicted octanol–water partition coefficient (Wildman–Crippen LogP) is 2.97. The molecule has 0 amide bonds. The molecule has 1 nitrogen and oxygen atoms in total. The molecule has 0 radical (unpaired) electrons. The first-order chi connectivity index (χ1) is 5.90. The Hall–Kier alpha value is 0.250. The summed E-state index contributed by atoms with van der Waals surface area (Å²) >= 11 is 0. The molecule has 2 saturated carbocycles. The van der Waals surface area contributed by atoms with E-state index in [2.05, 4.69) is 0 Å². The highest BCUT2D eigenvalue weighted by Gasteiger charge is 2.31. The molecular formula is C11H22ClN. The second-order valence-corrected chi connectivity index (χ2v) is 4.72. The minimum atomic E-state index is 0. The molecule has 13 heavy (non-hydrogen) atoms. The number of rotatable bonds is 1. The zero-order valence-corrected chi connectivity index (χ0v) is 9.19. The second-order valence-electron chi connectivity index (χ2n) is 4.72. The van der Waals surface area contributed by atoms with Crippen LogP contribution >= 0.6 is 12.4 Å². The minimum Gasteiger partial charge on any atom is -0.330 e. The van der Waals surface area contributed by atoms with Crippen molar-refractivity contribution < 1.29 is 0 Å². The lowest BCUT2D eigenvalue weighted by atomic mass is 9.67. The van der Waals surface area contributed by atoms with Gasteiger partial charge in [0, 0.05) is 0 Å². The van der Waals surface area contributed by atoms with E-state index < -0.39 is 0 Å². The maximum absolute atomic E-state index is 5.73. The standard InChI is InChI=1S/C11H21N.ClH/c12-8-9-5-6-10-3-1-2-4-11(10)7-9;/h9-11H,1-8,12H2;1H. The van der Waals surface area contributed by atoms with Crippen LogP contribution in [0.3, 0.4) is 0 Å². The summed E-state index contributed by atoms with van der Waals surface area (Å²) < 4.78 is 0. The Balaban J connectivity index is 0.000000845. The van der Waals surface area contributed by atoms with Crippen LogP contribution in [0, 0.1) is 17.8 Å². The maximum Gasteiger partial charge on any atom is -0.00488 e. The van der Waals surface area contributed by atoms with E-state index in [-0.39, 0.29) is 12.4 Å². The van der Waals surface area contributed by atoms with Gasteiger partial charge < -0.3 is 5.73 Å². The second kappa shape index (κ2) is 5.21. The fourth-order valence-corrected chi connectivity index (χ4v) is 3.18. The van der Waals surface area contributed by atoms with Crippen LogP contribution in [0.2, 0.25) is 0 Å². The first kappa shape index (κ1) is 11.3. The van der Waals surface area contributed by atoms with Gasteiger partial charge >= 0.3 is 0 Å². The van der Waals surface area contributed by atoms with Crippen LogP contribution < -0.4 is 5.73 Å². The third-order valence-electron chi connectivity index (χ3n) is 3.98. The van der Waals surface area contributed by atoms with Gasteiger partial charge in [0.1, 0.15) is 0 Å². The summed E-state index contributed by atoms with van der Waals surface area (Å²) in [6.45, 7) is 0.934. The summed E-state index contributed by atoms with van der Waals surface area (Å²) in [6.07, 6.45) is 10.3. The van der Waals surface area contributed by atoms with Crippen molar-refractivity contribution in [3.63, 3.8) is 0 Å². The fraction of sp³-hybridized carbons (Fsp3) is 1.00. The van der Waals surface area contributed by atoms with E-state index in [4.69, 9.17) is 5.73 Å². The highest BCUT2D eigenvalue weighted by Crippen LogP contribution is 2.42.